The van der Waals surface area contributed by atoms with Crippen molar-refractivity contribution in [1.82, 2.24) is 0 Å². The zero-order chi connectivity index (χ0) is 32.8. The minimum Gasteiger partial charge on any atom is -0.744 e. The number of allylic oxidation sites excluding steroid dienone is 3. The van der Waals surface area contributed by atoms with Gasteiger partial charge in [-0.3, -0.25) is 30.7 Å². The van der Waals surface area contributed by atoms with E-state index in [1.807, 2.05) is 24.3 Å². The fraction of sp³-hybridized carbons (Fsp3) is 0. The molecule has 230 valence electrons. The molecule has 1 aliphatic carbocycles. The van der Waals surface area contributed by atoms with Crippen LogP contribution in [-0.2, 0) is 19.7 Å². The standard InChI is InChI=1S/C31H22N6O8S.2Na/c38-27-15-11-23(17-25(27)31(41)42)35-32-20-5-1-18(2-6-20)19-3-7-21(8-4-19)33-36-26-14-16-28(39)29(30(26)40)37-34-22-9-12-24(13-10-22)46(43,44)45;;/h1-17,32-34H,(H,41,42)(H,43,44,45);;/q;2*+1/p-2. The smallest absolute Gasteiger partial charge is 0.744 e. The Balaban J connectivity index is 0.00000312. The first-order valence-corrected chi connectivity index (χ1v) is 14.6. The number of carboxylic acids is 1. The number of anilines is 3. The fourth-order valence-corrected chi connectivity index (χ4v) is 4.50. The van der Waals surface area contributed by atoms with Crippen LogP contribution in [0.15, 0.2) is 139 Å². The predicted octanol–water partition coefficient (Wildman–Crippen LogP) is -5.70. The van der Waals surface area contributed by atoms with Crippen LogP contribution in [-0.4, -0.2) is 30.4 Å². The summed E-state index contributed by atoms with van der Waals surface area (Å²) >= 11 is 0. The number of benzene rings is 4. The van der Waals surface area contributed by atoms with Crippen LogP contribution in [0.2, 0.25) is 0 Å². The molecule has 0 heterocycles. The number of hydrogen-bond donors (Lipinski definition) is 3. The number of hydrogen-bond acceptors (Lipinski definition) is 14. The molecule has 4 aromatic carbocycles. The minimum absolute atomic E-state index is 0. The molecule has 0 aromatic heterocycles. The molecular formula is C31H20N6Na2O8S. The molecule has 0 amide bonds. The quantitative estimate of drug-likeness (QED) is 0.0496. The molecule has 0 bridgehead atoms. The average molecular weight is 683 g/mol. The van der Waals surface area contributed by atoms with Crippen molar-refractivity contribution < 1.29 is 86.8 Å². The largest absolute Gasteiger partial charge is 1.00 e. The number of nitrogens with one attached hydrogen (secondary N) is 3. The third-order valence-electron chi connectivity index (χ3n) is 6.42. The van der Waals surface area contributed by atoms with Gasteiger partial charge in [0.05, 0.1) is 33.6 Å². The van der Waals surface area contributed by atoms with Crippen LogP contribution >= 0.6 is 0 Å². The van der Waals surface area contributed by atoms with Gasteiger partial charge in [0.1, 0.15) is 15.5 Å². The van der Waals surface area contributed by atoms with Gasteiger partial charge in [-0.05, 0) is 90.0 Å². The van der Waals surface area contributed by atoms with E-state index in [1.165, 1.54) is 24.3 Å². The van der Waals surface area contributed by atoms with Gasteiger partial charge in [-0.25, -0.2) is 8.42 Å². The molecule has 0 spiro atoms. The third kappa shape index (κ3) is 9.62. The molecule has 0 saturated heterocycles. The molecule has 0 fully saturated rings. The maximum absolute atomic E-state index is 12.8. The first kappa shape index (κ1) is 38.1. The number of aliphatic carboxylic acids is 1. The second-order valence-corrected chi connectivity index (χ2v) is 10.9. The van der Waals surface area contributed by atoms with Crippen LogP contribution in [0.25, 0.3) is 11.1 Å². The summed E-state index contributed by atoms with van der Waals surface area (Å²) < 4.78 is 33.2. The number of rotatable bonds is 9. The van der Waals surface area contributed by atoms with Crippen molar-refractivity contribution in [3.8, 4) is 11.1 Å². The Hall–Kier alpha value is -4.32. The summed E-state index contributed by atoms with van der Waals surface area (Å²) in [5.74, 6) is -2.24. The molecule has 48 heavy (non-hydrogen) atoms. The molecule has 5 rings (SSSR count). The summed E-state index contributed by atoms with van der Waals surface area (Å²) in [5.41, 5.74) is 9.59. The van der Waals surface area contributed by atoms with Crippen LogP contribution < -0.4 is 102 Å². The van der Waals surface area contributed by atoms with Crippen molar-refractivity contribution in [3.63, 3.8) is 0 Å². The van der Waals surface area contributed by atoms with Crippen molar-refractivity contribution >= 4 is 44.6 Å². The summed E-state index contributed by atoms with van der Waals surface area (Å²) in [7, 11) is -4.62. The Bertz CT molecular complexity index is 2280. The maximum Gasteiger partial charge on any atom is 1.00 e. The number of nitrogens with zero attached hydrogens (tertiary/aromatic N) is 3. The third-order valence-corrected chi connectivity index (χ3v) is 7.27. The van der Waals surface area contributed by atoms with Crippen LogP contribution in [0.3, 0.4) is 0 Å². The van der Waals surface area contributed by atoms with Gasteiger partial charge in [-0.1, -0.05) is 24.3 Å². The molecule has 3 N–H and O–H groups in total. The van der Waals surface area contributed by atoms with E-state index < -0.39 is 48.6 Å². The van der Waals surface area contributed by atoms with Gasteiger partial charge in [-0.15, -0.1) is 0 Å². The number of ketones is 1. The van der Waals surface area contributed by atoms with Gasteiger partial charge >= 0.3 is 59.1 Å². The van der Waals surface area contributed by atoms with E-state index in [2.05, 4.69) is 31.6 Å². The first-order valence-electron chi connectivity index (χ1n) is 13.2. The second-order valence-electron chi connectivity index (χ2n) is 9.53. The molecule has 17 heteroatoms. The van der Waals surface area contributed by atoms with E-state index in [4.69, 9.17) is 0 Å². The number of carboxylic acid groups (broad SMARTS) is 1. The Morgan fingerprint density at radius 3 is 1.67 bits per heavy atom. The Morgan fingerprint density at radius 1 is 0.646 bits per heavy atom. The van der Waals surface area contributed by atoms with Crippen molar-refractivity contribution in [3.05, 3.63) is 140 Å². The molecule has 0 saturated carbocycles. The summed E-state index contributed by atoms with van der Waals surface area (Å²) in [6, 6.07) is 21.4. The summed E-state index contributed by atoms with van der Waals surface area (Å²) in [6.07, 6.45) is 3.62. The van der Waals surface area contributed by atoms with Gasteiger partial charge in [0.2, 0.25) is 10.9 Å². The maximum atomic E-state index is 12.8. The molecule has 1 aliphatic rings. The van der Waals surface area contributed by atoms with E-state index >= 15 is 0 Å². The Morgan fingerprint density at radius 2 is 1.15 bits per heavy atom. The zero-order valence-corrected chi connectivity index (χ0v) is 30.1. The fourth-order valence-electron chi connectivity index (χ4n) is 4.03. The van der Waals surface area contributed by atoms with E-state index in [0.717, 1.165) is 41.5 Å². The Kier molecular flexibility index (Phi) is 13.2. The van der Waals surface area contributed by atoms with Crippen LogP contribution in [0.1, 0.15) is 0 Å². The summed E-state index contributed by atoms with van der Waals surface area (Å²) in [6.45, 7) is 0. The van der Waals surface area contributed by atoms with Crippen LogP contribution in [0.5, 0.6) is 0 Å². The van der Waals surface area contributed by atoms with Gasteiger partial charge in [0, 0.05) is 5.57 Å². The predicted molar refractivity (Wildman–Crippen MR) is 164 cm³/mol. The van der Waals surface area contributed by atoms with Gasteiger partial charge in [-0.2, -0.15) is 15.3 Å². The van der Waals surface area contributed by atoms with Crippen LogP contribution in [0.4, 0.5) is 17.1 Å². The Labute approximate surface area is 316 Å². The normalized spacial score (nSPS) is 14.1. The average Bonchev–Trinajstić information content (AvgIpc) is 3.04. The minimum atomic E-state index is -4.62. The van der Waals surface area contributed by atoms with E-state index in [-0.39, 0.29) is 75.9 Å². The van der Waals surface area contributed by atoms with Crippen LogP contribution in [0, 0.1) is 0 Å². The van der Waals surface area contributed by atoms with Gasteiger partial charge < -0.3 is 14.5 Å². The molecule has 14 nitrogen and oxygen atoms in total. The molecule has 0 radical (unpaired) electrons. The molecule has 4 aromatic rings. The SMILES string of the molecule is O=C([O-])C1=CC(=NNc2ccc(-c3ccc(NN=c4ccc(=O)c(=NNc5ccc(S(=O)(=O)[O-])cc5)c4=O)cc3)cc2)C=CC1=O.[Na+].[Na+]. The van der Waals surface area contributed by atoms with Crippen molar-refractivity contribution in [1.29, 1.82) is 0 Å². The van der Waals surface area contributed by atoms with Gasteiger partial charge in [0.15, 0.2) is 11.1 Å². The van der Waals surface area contributed by atoms with Crippen molar-refractivity contribution in [2.45, 2.75) is 4.90 Å². The molecule has 0 unspecified atom stereocenters. The molecular weight excluding hydrogens is 662 g/mol. The van der Waals surface area contributed by atoms with E-state index in [0.29, 0.717) is 11.4 Å². The van der Waals surface area contributed by atoms with Crippen molar-refractivity contribution in [2.24, 2.45) is 15.3 Å². The molecule has 0 atom stereocenters. The zero-order valence-electron chi connectivity index (χ0n) is 25.3. The number of hydrazone groups is 1. The summed E-state index contributed by atoms with van der Waals surface area (Å²) in [5, 5.41) is 22.5. The number of carbonyl (C=O) groups excluding carboxylic acids is 2. The summed E-state index contributed by atoms with van der Waals surface area (Å²) in [4.78, 5) is 47.3. The molecule has 0 aliphatic heterocycles. The monoisotopic (exact) mass is 682 g/mol. The van der Waals surface area contributed by atoms with Crippen molar-refractivity contribution in [2.75, 3.05) is 16.3 Å². The topological polar surface area (TPSA) is 222 Å². The van der Waals surface area contributed by atoms with E-state index in [9.17, 15) is 37.3 Å². The van der Waals surface area contributed by atoms with E-state index in [1.54, 1.807) is 24.3 Å². The van der Waals surface area contributed by atoms with Gasteiger partial charge in [0.25, 0.3) is 0 Å². The second kappa shape index (κ2) is 16.7. The first-order chi connectivity index (χ1) is 22.0. The number of carbonyl (C=O) groups is 2.